The van der Waals surface area contributed by atoms with Crippen LogP contribution in [0.15, 0.2) is 18.2 Å². The number of benzene rings is 1. The van der Waals surface area contributed by atoms with Gasteiger partial charge in [-0.3, -0.25) is 9.69 Å². The maximum atomic E-state index is 12.6. The molecule has 1 aromatic carbocycles. The first-order valence-corrected chi connectivity index (χ1v) is 11.1. The molecule has 7 heteroatoms. The highest BCUT2D eigenvalue weighted by molar-refractivity contribution is 6.32. The van der Waals surface area contributed by atoms with E-state index in [-0.39, 0.29) is 32.2 Å². The molecule has 2 aliphatic carbocycles. The van der Waals surface area contributed by atoms with Gasteiger partial charge in [0.2, 0.25) is 0 Å². The van der Waals surface area contributed by atoms with Crippen LogP contribution in [0.5, 0.6) is 5.75 Å². The molecule has 31 heavy (non-hydrogen) atoms. The summed E-state index contributed by atoms with van der Waals surface area (Å²) in [5.74, 6) is 0.766. The van der Waals surface area contributed by atoms with Crippen molar-refractivity contribution in [2.24, 2.45) is 10.8 Å². The Bertz CT molecular complexity index is 928. The largest absolute Gasteiger partial charge is 0.489 e. The number of hydrogen-bond acceptors (Lipinski definition) is 4. The number of nitrogens with zero attached hydrogens (tertiary/aromatic N) is 1. The molecule has 1 spiro atoms. The van der Waals surface area contributed by atoms with Crippen molar-refractivity contribution in [3.05, 3.63) is 23.2 Å². The topological polar surface area (TPSA) is 76.1 Å². The molecule has 4 rings (SSSR count). The molecule has 1 amide bonds. The number of rotatable bonds is 5. The van der Waals surface area contributed by atoms with Crippen molar-refractivity contribution in [2.75, 3.05) is 18.1 Å². The molecule has 1 aliphatic heterocycles. The van der Waals surface area contributed by atoms with Crippen molar-refractivity contribution in [1.82, 2.24) is 0 Å². The summed E-state index contributed by atoms with van der Waals surface area (Å²) in [5, 5.41) is 10.3. The zero-order chi connectivity index (χ0) is 22.4. The lowest BCUT2D eigenvalue weighted by atomic mass is 9.45. The number of amides is 1. The van der Waals surface area contributed by atoms with E-state index in [9.17, 15) is 14.7 Å². The summed E-state index contributed by atoms with van der Waals surface area (Å²) in [4.78, 5) is 26.0. The number of halogens is 1. The summed E-state index contributed by atoms with van der Waals surface area (Å²) < 4.78 is 11.4. The minimum absolute atomic E-state index is 0.128. The maximum absolute atomic E-state index is 12.6. The molecule has 1 saturated heterocycles. The number of anilines is 1. The van der Waals surface area contributed by atoms with E-state index in [0.29, 0.717) is 27.3 Å². The van der Waals surface area contributed by atoms with Gasteiger partial charge >= 0.3 is 11.9 Å². The first-order valence-electron chi connectivity index (χ1n) is 10.7. The van der Waals surface area contributed by atoms with Crippen molar-refractivity contribution in [3.63, 3.8) is 0 Å². The molecule has 0 aromatic heterocycles. The number of carbonyl (C=O) groups is 2. The number of ether oxygens (including phenoxy) is 2. The lowest BCUT2D eigenvalue weighted by Crippen LogP contribution is -2.60. The predicted molar refractivity (Wildman–Crippen MR) is 117 cm³/mol. The minimum Gasteiger partial charge on any atom is -0.489 e. The van der Waals surface area contributed by atoms with Crippen LogP contribution in [0, 0.1) is 23.2 Å². The van der Waals surface area contributed by atoms with Crippen molar-refractivity contribution in [3.8, 4) is 18.1 Å². The molecule has 0 atom stereocenters. The van der Waals surface area contributed by atoms with Gasteiger partial charge in [-0.2, -0.15) is 0 Å². The highest BCUT2D eigenvalue weighted by Gasteiger charge is 2.57. The smallest absolute Gasteiger partial charge is 0.330 e. The summed E-state index contributed by atoms with van der Waals surface area (Å²) >= 11 is 6.49. The van der Waals surface area contributed by atoms with Crippen LogP contribution < -0.4 is 9.64 Å². The summed E-state index contributed by atoms with van der Waals surface area (Å²) in [6.07, 6.45) is 10.3. The van der Waals surface area contributed by atoms with E-state index in [1.807, 2.05) is 0 Å². The zero-order valence-electron chi connectivity index (χ0n) is 17.9. The Labute approximate surface area is 187 Å². The fourth-order valence-electron chi connectivity index (χ4n) is 6.03. The molecule has 0 bridgehead atoms. The third-order valence-electron chi connectivity index (χ3n) is 6.97. The van der Waals surface area contributed by atoms with E-state index in [2.05, 4.69) is 19.8 Å². The molecular formula is C24H28ClNO5. The van der Waals surface area contributed by atoms with Crippen LogP contribution in [0.25, 0.3) is 0 Å². The van der Waals surface area contributed by atoms with Crippen LogP contribution in [0.2, 0.25) is 5.02 Å². The highest BCUT2D eigenvalue weighted by atomic mass is 35.5. The normalized spacial score (nSPS) is 23.2. The van der Waals surface area contributed by atoms with Crippen LogP contribution in [-0.2, 0) is 14.3 Å². The minimum atomic E-state index is -1.47. The first-order chi connectivity index (χ1) is 14.6. The zero-order valence-corrected chi connectivity index (χ0v) is 18.7. The monoisotopic (exact) mass is 445 g/mol. The Balaban J connectivity index is 1.53. The van der Waals surface area contributed by atoms with Gasteiger partial charge in [-0.05, 0) is 60.6 Å². The summed E-state index contributed by atoms with van der Waals surface area (Å²) in [5.41, 5.74) is -0.268. The molecule has 1 N–H and O–H groups in total. The number of aliphatic carboxylic acids is 1. The third-order valence-corrected chi connectivity index (χ3v) is 7.26. The van der Waals surface area contributed by atoms with E-state index >= 15 is 0 Å². The number of hydrogen-bond donors (Lipinski definition) is 1. The van der Waals surface area contributed by atoms with E-state index in [0.717, 1.165) is 12.8 Å². The van der Waals surface area contributed by atoms with Gasteiger partial charge in [0, 0.05) is 31.7 Å². The van der Waals surface area contributed by atoms with Gasteiger partial charge in [0.15, 0.2) is 5.54 Å². The van der Waals surface area contributed by atoms with Crippen LogP contribution in [0.4, 0.5) is 5.69 Å². The van der Waals surface area contributed by atoms with Crippen molar-refractivity contribution >= 4 is 29.2 Å². The van der Waals surface area contributed by atoms with Crippen molar-refractivity contribution < 1.29 is 24.2 Å². The van der Waals surface area contributed by atoms with Gasteiger partial charge in [0.1, 0.15) is 5.75 Å². The second kappa shape index (κ2) is 7.72. The van der Waals surface area contributed by atoms with E-state index in [4.69, 9.17) is 27.5 Å². The summed E-state index contributed by atoms with van der Waals surface area (Å²) in [6.45, 7) is 5.06. The molecule has 1 heterocycles. The van der Waals surface area contributed by atoms with Crippen LogP contribution in [0.3, 0.4) is 0 Å². The van der Waals surface area contributed by atoms with E-state index < -0.39 is 17.4 Å². The fraction of sp³-hybridized carbons (Fsp3) is 0.583. The molecular weight excluding hydrogens is 418 g/mol. The number of carboxylic acid groups (broad SMARTS) is 1. The Morgan fingerprint density at radius 3 is 2.42 bits per heavy atom. The molecule has 166 valence electrons. The van der Waals surface area contributed by atoms with Crippen LogP contribution in [-0.4, -0.2) is 41.8 Å². The second-order valence-electron chi connectivity index (χ2n) is 10.0. The van der Waals surface area contributed by atoms with E-state index in [1.54, 1.807) is 18.2 Å². The van der Waals surface area contributed by atoms with Crippen molar-refractivity contribution in [1.29, 1.82) is 0 Å². The number of terminal acetylenes is 1. The predicted octanol–water partition coefficient (Wildman–Crippen LogP) is 4.29. The third kappa shape index (κ3) is 3.90. The molecule has 3 fully saturated rings. The Morgan fingerprint density at radius 2 is 1.90 bits per heavy atom. The Hall–Kier alpha value is -2.23. The van der Waals surface area contributed by atoms with Crippen LogP contribution in [0.1, 0.15) is 52.4 Å². The SMILES string of the molecule is C#CC(=O)N(c1ccc(OC2CC3(C2)CC(C)(C)C3)c(Cl)c1)C1(C(=O)O)CCOCC1. The molecule has 0 unspecified atom stereocenters. The lowest BCUT2D eigenvalue weighted by Gasteiger charge is -2.61. The van der Waals surface area contributed by atoms with Gasteiger partial charge in [-0.15, -0.1) is 6.42 Å². The molecule has 6 nitrogen and oxygen atoms in total. The number of carbonyl (C=O) groups excluding carboxylic acids is 1. The van der Waals surface area contributed by atoms with E-state index in [1.165, 1.54) is 17.7 Å². The molecule has 1 aromatic rings. The average molecular weight is 446 g/mol. The molecule has 2 saturated carbocycles. The Kier molecular flexibility index (Phi) is 5.47. The quantitative estimate of drug-likeness (QED) is 0.684. The van der Waals surface area contributed by atoms with Gasteiger partial charge in [0.05, 0.1) is 11.1 Å². The summed E-state index contributed by atoms with van der Waals surface area (Å²) in [6, 6.07) is 4.91. The Morgan fingerprint density at radius 1 is 1.26 bits per heavy atom. The molecule has 3 aliphatic rings. The maximum Gasteiger partial charge on any atom is 0.330 e. The highest BCUT2D eigenvalue weighted by Crippen LogP contribution is 2.64. The number of carboxylic acids is 1. The molecule has 0 radical (unpaired) electrons. The first kappa shape index (κ1) is 22.0. The van der Waals surface area contributed by atoms with Gasteiger partial charge < -0.3 is 14.6 Å². The standard InChI is InChI=1S/C24H28ClNO5/c1-4-20(27)26(24(21(28)29)7-9-30-10-8-24)16-5-6-19(18(25)11-16)31-17-12-23(13-17)14-22(2,3)15-23/h1,5-6,11,17H,7-10,12-15H2,2-3H3,(H,28,29). The van der Waals surface area contributed by atoms with Gasteiger partial charge in [0.25, 0.3) is 0 Å². The van der Waals surface area contributed by atoms with Crippen LogP contribution >= 0.6 is 11.6 Å². The second-order valence-corrected chi connectivity index (χ2v) is 10.4. The average Bonchev–Trinajstić information content (AvgIpc) is 2.67. The summed E-state index contributed by atoms with van der Waals surface area (Å²) in [7, 11) is 0. The van der Waals surface area contributed by atoms with Gasteiger partial charge in [-0.25, -0.2) is 4.79 Å². The lowest BCUT2D eigenvalue weighted by molar-refractivity contribution is -0.148. The van der Waals surface area contributed by atoms with Gasteiger partial charge in [-0.1, -0.05) is 25.4 Å². The van der Waals surface area contributed by atoms with Crippen molar-refractivity contribution in [2.45, 2.75) is 64.0 Å². The fourth-order valence-corrected chi connectivity index (χ4v) is 6.25.